The number of nitrogens with zero attached hydrogens (tertiary/aromatic N) is 1. The van der Waals surface area contributed by atoms with E-state index in [0.717, 1.165) is 11.1 Å². The number of nitrogens with one attached hydrogen (secondary N) is 2. The molecule has 0 aliphatic heterocycles. The third-order valence-corrected chi connectivity index (χ3v) is 2.56. The fourth-order valence-corrected chi connectivity index (χ4v) is 1.50. The van der Waals surface area contributed by atoms with Crippen molar-refractivity contribution in [3.63, 3.8) is 0 Å². The van der Waals surface area contributed by atoms with Gasteiger partial charge in [-0.15, -0.1) is 0 Å². The van der Waals surface area contributed by atoms with E-state index in [2.05, 4.69) is 22.2 Å². The Kier molecular flexibility index (Phi) is 6.29. The maximum atomic E-state index is 11.6. The van der Waals surface area contributed by atoms with E-state index in [9.17, 15) is 4.79 Å². The number of nitrogens with two attached hydrogens (primary N) is 1. The lowest BCUT2D eigenvalue weighted by Gasteiger charge is -2.05. The average molecular weight is 274 g/mol. The minimum Gasteiger partial charge on any atom is -0.370 e. The summed E-state index contributed by atoms with van der Waals surface area (Å²) in [5.74, 6) is 0.325. The van der Waals surface area contributed by atoms with Crippen LogP contribution in [0.25, 0.3) is 0 Å². The highest BCUT2D eigenvalue weighted by Gasteiger charge is 2.03. The van der Waals surface area contributed by atoms with Gasteiger partial charge in [-0.05, 0) is 31.5 Å². The summed E-state index contributed by atoms with van der Waals surface area (Å²) < 4.78 is 0. The van der Waals surface area contributed by atoms with E-state index in [4.69, 9.17) is 5.73 Å². The van der Waals surface area contributed by atoms with Gasteiger partial charge in [-0.3, -0.25) is 4.79 Å². The molecule has 1 amide bonds. The molecule has 0 radical (unpaired) electrons. The third-order valence-electron chi connectivity index (χ3n) is 2.56. The molecule has 5 nitrogen and oxygen atoms in total. The SMILES string of the molecule is C=C(C)CNC(N)=NCc1ccc(C(=O)NCC)cc1. The predicted molar refractivity (Wildman–Crippen MR) is 82.6 cm³/mol. The van der Waals surface area contributed by atoms with Gasteiger partial charge in [-0.1, -0.05) is 24.3 Å². The van der Waals surface area contributed by atoms with Crippen molar-refractivity contribution in [2.75, 3.05) is 13.1 Å². The number of guanidine groups is 1. The molecule has 0 aromatic heterocycles. The topological polar surface area (TPSA) is 79.5 Å². The number of amides is 1. The maximum Gasteiger partial charge on any atom is 0.251 e. The lowest BCUT2D eigenvalue weighted by atomic mass is 10.1. The first-order valence-electron chi connectivity index (χ1n) is 6.58. The quantitative estimate of drug-likeness (QED) is 0.417. The van der Waals surface area contributed by atoms with Crippen LogP contribution in [-0.2, 0) is 6.54 Å². The summed E-state index contributed by atoms with van der Waals surface area (Å²) >= 11 is 0. The summed E-state index contributed by atoms with van der Waals surface area (Å²) in [5.41, 5.74) is 8.36. The summed E-state index contributed by atoms with van der Waals surface area (Å²) in [6.45, 7) is 9.30. The highest BCUT2D eigenvalue weighted by molar-refractivity contribution is 5.94. The molecule has 0 aliphatic carbocycles. The largest absolute Gasteiger partial charge is 0.370 e. The Morgan fingerprint density at radius 3 is 2.50 bits per heavy atom. The molecular weight excluding hydrogens is 252 g/mol. The van der Waals surface area contributed by atoms with Crippen molar-refractivity contribution in [1.82, 2.24) is 10.6 Å². The molecule has 0 atom stereocenters. The Morgan fingerprint density at radius 2 is 1.95 bits per heavy atom. The lowest BCUT2D eigenvalue weighted by Crippen LogP contribution is -2.32. The smallest absolute Gasteiger partial charge is 0.251 e. The molecule has 0 saturated heterocycles. The molecule has 0 saturated carbocycles. The van der Waals surface area contributed by atoms with E-state index in [0.29, 0.717) is 31.2 Å². The Hall–Kier alpha value is -2.30. The molecule has 0 aliphatic rings. The highest BCUT2D eigenvalue weighted by Crippen LogP contribution is 2.05. The summed E-state index contributed by atoms with van der Waals surface area (Å²) in [5, 5.41) is 5.72. The molecule has 0 heterocycles. The number of aliphatic imine (C=N–C) groups is 1. The van der Waals surface area contributed by atoms with Gasteiger partial charge in [-0.25, -0.2) is 4.99 Å². The summed E-state index contributed by atoms with van der Waals surface area (Å²) in [7, 11) is 0. The number of hydrogen-bond donors (Lipinski definition) is 3. The third kappa shape index (κ3) is 5.56. The monoisotopic (exact) mass is 274 g/mol. The zero-order chi connectivity index (χ0) is 15.0. The molecule has 0 bridgehead atoms. The Bertz CT molecular complexity index is 491. The van der Waals surface area contributed by atoms with Crippen LogP contribution >= 0.6 is 0 Å². The van der Waals surface area contributed by atoms with E-state index < -0.39 is 0 Å². The summed E-state index contributed by atoms with van der Waals surface area (Å²) in [6.07, 6.45) is 0. The van der Waals surface area contributed by atoms with Gasteiger partial charge in [0.25, 0.3) is 5.91 Å². The van der Waals surface area contributed by atoms with Crippen molar-refractivity contribution >= 4 is 11.9 Å². The van der Waals surface area contributed by atoms with Crippen LogP contribution in [0.15, 0.2) is 41.4 Å². The molecule has 1 aromatic carbocycles. The van der Waals surface area contributed by atoms with Crippen molar-refractivity contribution in [3.05, 3.63) is 47.5 Å². The zero-order valence-corrected chi connectivity index (χ0v) is 12.1. The van der Waals surface area contributed by atoms with Crippen LogP contribution in [0, 0.1) is 0 Å². The minimum absolute atomic E-state index is 0.0646. The summed E-state index contributed by atoms with van der Waals surface area (Å²) in [4.78, 5) is 15.8. The van der Waals surface area contributed by atoms with Gasteiger partial charge in [0.15, 0.2) is 5.96 Å². The Morgan fingerprint density at radius 1 is 1.30 bits per heavy atom. The average Bonchev–Trinajstić information content (AvgIpc) is 2.43. The van der Waals surface area contributed by atoms with E-state index in [1.807, 2.05) is 26.0 Å². The molecule has 1 rings (SSSR count). The van der Waals surface area contributed by atoms with E-state index in [-0.39, 0.29) is 5.91 Å². The molecule has 1 aromatic rings. The fraction of sp³-hybridized carbons (Fsp3) is 0.333. The van der Waals surface area contributed by atoms with Crippen LogP contribution in [0.5, 0.6) is 0 Å². The van der Waals surface area contributed by atoms with E-state index in [1.165, 1.54) is 0 Å². The van der Waals surface area contributed by atoms with Crippen LogP contribution in [0.1, 0.15) is 29.8 Å². The Balaban J connectivity index is 2.55. The van der Waals surface area contributed by atoms with Crippen LogP contribution in [0.4, 0.5) is 0 Å². The first kappa shape index (κ1) is 15.8. The molecular formula is C15H22N4O. The number of carbonyl (C=O) groups excluding carboxylic acids is 1. The fourth-order valence-electron chi connectivity index (χ4n) is 1.50. The second kappa shape index (κ2) is 7.99. The first-order valence-corrected chi connectivity index (χ1v) is 6.58. The van der Waals surface area contributed by atoms with Gasteiger partial charge >= 0.3 is 0 Å². The van der Waals surface area contributed by atoms with Gasteiger partial charge in [0.05, 0.1) is 6.54 Å². The van der Waals surface area contributed by atoms with Gasteiger partial charge < -0.3 is 16.4 Å². The van der Waals surface area contributed by atoms with Crippen molar-refractivity contribution < 1.29 is 4.79 Å². The normalized spacial score (nSPS) is 11.0. The van der Waals surface area contributed by atoms with Gasteiger partial charge in [-0.2, -0.15) is 0 Å². The van der Waals surface area contributed by atoms with E-state index >= 15 is 0 Å². The van der Waals surface area contributed by atoms with Crippen LogP contribution in [0.2, 0.25) is 0 Å². The van der Waals surface area contributed by atoms with Crippen molar-refractivity contribution in [3.8, 4) is 0 Å². The second-order valence-electron chi connectivity index (χ2n) is 4.57. The van der Waals surface area contributed by atoms with Gasteiger partial charge in [0.2, 0.25) is 0 Å². The highest BCUT2D eigenvalue weighted by atomic mass is 16.1. The van der Waals surface area contributed by atoms with Crippen LogP contribution in [0.3, 0.4) is 0 Å². The van der Waals surface area contributed by atoms with E-state index in [1.54, 1.807) is 12.1 Å². The number of rotatable bonds is 6. The van der Waals surface area contributed by atoms with Crippen molar-refractivity contribution in [2.24, 2.45) is 10.7 Å². The van der Waals surface area contributed by atoms with Crippen molar-refractivity contribution in [1.29, 1.82) is 0 Å². The second-order valence-corrected chi connectivity index (χ2v) is 4.57. The standard InChI is InChI=1S/C15H22N4O/c1-4-17-14(20)13-7-5-12(6-8-13)10-19-15(16)18-9-11(2)3/h5-8H,2,4,9-10H2,1,3H3,(H,17,20)(H3,16,18,19). The molecule has 5 heteroatoms. The molecule has 0 unspecified atom stereocenters. The van der Waals surface area contributed by atoms with Gasteiger partial charge in [0, 0.05) is 18.7 Å². The maximum absolute atomic E-state index is 11.6. The number of hydrogen-bond acceptors (Lipinski definition) is 2. The molecule has 108 valence electrons. The molecule has 20 heavy (non-hydrogen) atoms. The lowest BCUT2D eigenvalue weighted by molar-refractivity contribution is 0.0956. The molecule has 0 fully saturated rings. The van der Waals surface area contributed by atoms with Gasteiger partial charge in [0.1, 0.15) is 0 Å². The first-order chi connectivity index (χ1) is 9.52. The molecule has 0 spiro atoms. The zero-order valence-electron chi connectivity index (χ0n) is 12.1. The van der Waals surface area contributed by atoms with Crippen LogP contribution < -0.4 is 16.4 Å². The Labute approximate surface area is 120 Å². The van der Waals surface area contributed by atoms with Crippen LogP contribution in [-0.4, -0.2) is 25.0 Å². The molecule has 4 N–H and O–H groups in total. The number of benzene rings is 1. The predicted octanol–water partition coefficient (Wildman–Crippen LogP) is 1.42. The summed E-state index contributed by atoms with van der Waals surface area (Å²) in [6, 6.07) is 7.32. The number of carbonyl (C=O) groups is 1. The minimum atomic E-state index is -0.0646. The van der Waals surface area contributed by atoms with Crippen molar-refractivity contribution in [2.45, 2.75) is 20.4 Å².